The van der Waals surface area contributed by atoms with Gasteiger partial charge in [-0.1, -0.05) is 12.1 Å². The maximum absolute atomic E-state index is 5.92. The second-order valence-corrected chi connectivity index (χ2v) is 4.33. The second kappa shape index (κ2) is 5.65. The maximum Gasteiger partial charge on any atom is 0.148 e. The van der Waals surface area contributed by atoms with Crippen LogP contribution in [-0.2, 0) is 6.42 Å². The molecule has 0 aliphatic heterocycles. The normalized spacial score (nSPS) is 10.4. The van der Waals surface area contributed by atoms with Gasteiger partial charge < -0.3 is 10.5 Å². The van der Waals surface area contributed by atoms with Crippen LogP contribution in [0.1, 0.15) is 16.8 Å². The third-order valence-electron chi connectivity index (χ3n) is 2.86. The predicted molar refractivity (Wildman–Crippen MR) is 73.0 cm³/mol. The molecule has 3 nitrogen and oxygen atoms in total. The van der Waals surface area contributed by atoms with Gasteiger partial charge in [0.2, 0.25) is 0 Å². The number of nitrogens with zero attached hydrogens (tertiary/aromatic N) is 1. The lowest BCUT2D eigenvalue weighted by atomic mass is 10.1. The average molecular weight is 242 g/mol. The summed E-state index contributed by atoms with van der Waals surface area (Å²) in [6.07, 6.45) is 2.63. The predicted octanol–water partition coefficient (Wildman–Crippen LogP) is 2.99. The zero-order valence-electron chi connectivity index (χ0n) is 10.8. The van der Waals surface area contributed by atoms with Crippen molar-refractivity contribution < 1.29 is 4.74 Å². The molecule has 1 aromatic heterocycles. The monoisotopic (exact) mass is 242 g/mol. The van der Waals surface area contributed by atoms with Gasteiger partial charge in [-0.05, 0) is 56.1 Å². The summed E-state index contributed by atoms with van der Waals surface area (Å²) in [6.45, 7) is 4.62. The molecule has 0 saturated carbocycles. The molecule has 1 aromatic carbocycles. The molecule has 0 bridgehead atoms. The summed E-state index contributed by atoms with van der Waals surface area (Å²) in [5.74, 6) is 1.67. The highest BCUT2D eigenvalue weighted by Gasteiger charge is 2.05. The quantitative estimate of drug-likeness (QED) is 0.896. The Morgan fingerprint density at radius 3 is 2.72 bits per heavy atom. The highest BCUT2D eigenvalue weighted by atomic mass is 16.5. The molecular formula is C15H18N2O. The molecule has 0 atom stereocenters. The van der Waals surface area contributed by atoms with Gasteiger partial charge in [0, 0.05) is 6.20 Å². The van der Waals surface area contributed by atoms with E-state index in [-0.39, 0.29) is 0 Å². The molecule has 0 saturated heterocycles. The van der Waals surface area contributed by atoms with Gasteiger partial charge in [-0.3, -0.25) is 4.98 Å². The summed E-state index contributed by atoms with van der Waals surface area (Å²) in [5, 5.41) is 0. The summed E-state index contributed by atoms with van der Waals surface area (Å²) >= 11 is 0. The Morgan fingerprint density at radius 1 is 1.17 bits per heavy atom. The number of pyridine rings is 1. The van der Waals surface area contributed by atoms with Crippen molar-refractivity contribution in [3.05, 3.63) is 53.3 Å². The van der Waals surface area contributed by atoms with Crippen LogP contribution < -0.4 is 10.5 Å². The first-order chi connectivity index (χ1) is 8.70. The molecular weight excluding hydrogens is 224 g/mol. The molecule has 0 unspecified atom stereocenters. The first-order valence-corrected chi connectivity index (χ1v) is 6.10. The van der Waals surface area contributed by atoms with Crippen LogP contribution in [-0.4, -0.2) is 11.5 Å². The highest BCUT2D eigenvalue weighted by Crippen LogP contribution is 2.27. The van der Waals surface area contributed by atoms with Crippen LogP contribution in [0.25, 0.3) is 0 Å². The SMILES string of the molecule is Cc1ccc(CCN)cc1Oc1cccnc1C. The number of benzene rings is 1. The second-order valence-electron chi connectivity index (χ2n) is 4.33. The van der Waals surface area contributed by atoms with Gasteiger partial charge in [0.25, 0.3) is 0 Å². The van der Waals surface area contributed by atoms with E-state index in [0.717, 1.165) is 29.2 Å². The van der Waals surface area contributed by atoms with Crippen LogP contribution >= 0.6 is 0 Å². The first-order valence-electron chi connectivity index (χ1n) is 6.10. The van der Waals surface area contributed by atoms with E-state index in [1.807, 2.05) is 26.0 Å². The van der Waals surface area contributed by atoms with Crippen LogP contribution in [0, 0.1) is 13.8 Å². The zero-order chi connectivity index (χ0) is 13.0. The Kier molecular flexibility index (Phi) is 3.95. The van der Waals surface area contributed by atoms with E-state index in [9.17, 15) is 0 Å². The largest absolute Gasteiger partial charge is 0.455 e. The highest BCUT2D eigenvalue weighted by molar-refractivity contribution is 5.41. The zero-order valence-corrected chi connectivity index (χ0v) is 10.8. The van der Waals surface area contributed by atoms with Gasteiger partial charge in [0.15, 0.2) is 0 Å². The van der Waals surface area contributed by atoms with Gasteiger partial charge >= 0.3 is 0 Å². The standard InChI is InChI=1S/C15H18N2O/c1-11-5-6-13(7-8-16)10-15(11)18-14-4-3-9-17-12(14)2/h3-6,9-10H,7-8,16H2,1-2H3. The van der Waals surface area contributed by atoms with E-state index in [4.69, 9.17) is 10.5 Å². The van der Waals surface area contributed by atoms with Crippen LogP contribution in [0.4, 0.5) is 0 Å². The Labute approximate surface area is 108 Å². The molecule has 0 aliphatic carbocycles. The van der Waals surface area contributed by atoms with Gasteiger partial charge in [-0.15, -0.1) is 0 Å². The number of nitrogens with two attached hydrogens (primary N) is 1. The van der Waals surface area contributed by atoms with Gasteiger partial charge in [0.05, 0.1) is 5.69 Å². The molecule has 2 rings (SSSR count). The van der Waals surface area contributed by atoms with E-state index < -0.39 is 0 Å². The summed E-state index contributed by atoms with van der Waals surface area (Å²) in [5.41, 5.74) is 8.77. The van der Waals surface area contributed by atoms with Crippen LogP contribution in [0.3, 0.4) is 0 Å². The number of ether oxygens (including phenoxy) is 1. The first kappa shape index (κ1) is 12.6. The van der Waals surface area contributed by atoms with Gasteiger partial charge in [-0.25, -0.2) is 0 Å². The van der Waals surface area contributed by atoms with Gasteiger partial charge in [0.1, 0.15) is 11.5 Å². The summed E-state index contributed by atoms with van der Waals surface area (Å²) in [6, 6.07) is 10.0. The average Bonchev–Trinajstić information content (AvgIpc) is 2.36. The molecule has 2 aromatic rings. The van der Waals surface area contributed by atoms with Crippen LogP contribution in [0.15, 0.2) is 36.5 Å². The minimum atomic E-state index is 0.647. The van der Waals surface area contributed by atoms with E-state index in [0.29, 0.717) is 6.54 Å². The molecule has 2 N–H and O–H groups in total. The number of aromatic nitrogens is 1. The van der Waals surface area contributed by atoms with Gasteiger partial charge in [-0.2, -0.15) is 0 Å². The third-order valence-corrected chi connectivity index (χ3v) is 2.86. The molecule has 3 heteroatoms. The third kappa shape index (κ3) is 2.87. The molecule has 94 valence electrons. The van der Waals surface area contributed by atoms with Crippen molar-refractivity contribution in [2.45, 2.75) is 20.3 Å². The summed E-state index contributed by atoms with van der Waals surface area (Å²) < 4.78 is 5.92. The van der Waals surface area contributed by atoms with Crippen molar-refractivity contribution in [2.75, 3.05) is 6.54 Å². The Morgan fingerprint density at radius 2 is 2.00 bits per heavy atom. The lowest BCUT2D eigenvalue weighted by Crippen LogP contribution is -2.03. The summed E-state index contributed by atoms with van der Waals surface area (Å²) in [7, 11) is 0. The van der Waals surface area contributed by atoms with Crippen molar-refractivity contribution in [2.24, 2.45) is 5.73 Å². The number of hydrogen-bond acceptors (Lipinski definition) is 3. The molecule has 0 amide bonds. The lowest BCUT2D eigenvalue weighted by Gasteiger charge is -2.11. The topological polar surface area (TPSA) is 48.1 Å². The van der Waals surface area contributed by atoms with Crippen LogP contribution in [0.5, 0.6) is 11.5 Å². The fourth-order valence-electron chi connectivity index (χ4n) is 1.77. The number of rotatable bonds is 4. The molecule has 18 heavy (non-hydrogen) atoms. The van der Waals surface area contributed by atoms with Crippen molar-refractivity contribution in [3.63, 3.8) is 0 Å². The molecule has 0 radical (unpaired) electrons. The lowest BCUT2D eigenvalue weighted by molar-refractivity contribution is 0.471. The molecule has 1 heterocycles. The fraction of sp³-hybridized carbons (Fsp3) is 0.267. The minimum Gasteiger partial charge on any atom is -0.455 e. The van der Waals surface area contributed by atoms with Crippen molar-refractivity contribution >= 4 is 0 Å². The maximum atomic E-state index is 5.92. The minimum absolute atomic E-state index is 0.647. The number of hydrogen-bond donors (Lipinski definition) is 1. The van der Waals surface area contributed by atoms with Crippen LogP contribution in [0.2, 0.25) is 0 Å². The van der Waals surface area contributed by atoms with Crippen molar-refractivity contribution in [1.29, 1.82) is 0 Å². The summed E-state index contributed by atoms with van der Waals surface area (Å²) in [4.78, 5) is 4.22. The number of aryl methyl sites for hydroxylation is 2. The molecule has 0 aliphatic rings. The van der Waals surface area contributed by atoms with Crippen molar-refractivity contribution in [3.8, 4) is 11.5 Å². The fourth-order valence-corrected chi connectivity index (χ4v) is 1.77. The van der Waals surface area contributed by atoms with Crippen molar-refractivity contribution in [1.82, 2.24) is 4.98 Å². The van der Waals surface area contributed by atoms with E-state index in [2.05, 4.69) is 23.2 Å². The Balaban J connectivity index is 2.28. The van der Waals surface area contributed by atoms with E-state index in [1.165, 1.54) is 5.56 Å². The van der Waals surface area contributed by atoms with E-state index >= 15 is 0 Å². The molecule has 0 spiro atoms. The van der Waals surface area contributed by atoms with E-state index in [1.54, 1.807) is 6.20 Å². The molecule has 0 fully saturated rings. The Bertz CT molecular complexity index is 538. The Hall–Kier alpha value is -1.87. The smallest absolute Gasteiger partial charge is 0.148 e.